The molecule has 3 aromatic heterocycles. The second kappa shape index (κ2) is 7.27. The van der Waals surface area contributed by atoms with Crippen LogP contribution in [0.2, 0.25) is 0 Å². The Morgan fingerprint density at radius 1 is 1.03 bits per heavy atom. The van der Waals surface area contributed by atoms with Gasteiger partial charge in [0.15, 0.2) is 0 Å². The molecule has 0 atom stereocenters. The SMILES string of the molecule is O=C(Nc1ccc(-c2cn3ccccc3n2)cc1)c1cc2cc(Br)ccc2oc1=O. The van der Waals surface area contributed by atoms with Crippen LogP contribution in [0.3, 0.4) is 0 Å². The zero-order chi connectivity index (χ0) is 20.7. The standard InChI is InChI=1S/C23H14BrN3O3/c24-16-6-9-20-15(11-16)12-18(23(29)30-20)22(28)25-17-7-4-14(5-8-17)19-13-27-10-2-1-3-21(27)26-19/h1-13H,(H,25,28). The maximum atomic E-state index is 12.6. The predicted octanol–water partition coefficient (Wildman–Crippen LogP) is 5.12. The normalized spacial score (nSPS) is 11.1. The number of hydrogen-bond acceptors (Lipinski definition) is 4. The summed E-state index contributed by atoms with van der Waals surface area (Å²) in [5, 5.41) is 3.41. The van der Waals surface area contributed by atoms with Crippen LogP contribution in [0.5, 0.6) is 0 Å². The van der Waals surface area contributed by atoms with E-state index in [-0.39, 0.29) is 5.56 Å². The molecule has 0 aliphatic rings. The second-order valence-corrected chi connectivity index (χ2v) is 7.67. The number of fused-ring (bicyclic) bond motifs is 2. The summed E-state index contributed by atoms with van der Waals surface area (Å²) in [5.74, 6) is -0.522. The maximum absolute atomic E-state index is 12.6. The molecule has 3 heterocycles. The number of rotatable bonds is 3. The van der Waals surface area contributed by atoms with Crippen LogP contribution in [-0.2, 0) is 0 Å². The van der Waals surface area contributed by atoms with Crippen molar-refractivity contribution in [2.75, 3.05) is 5.32 Å². The van der Waals surface area contributed by atoms with Crippen LogP contribution in [0, 0.1) is 0 Å². The molecule has 0 unspecified atom stereocenters. The molecule has 5 rings (SSSR count). The number of aromatic nitrogens is 2. The van der Waals surface area contributed by atoms with E-state index in [4.69, 9.17) is 4.42 Å². The molecular formula is C23H14BrN3O3. The zero-order valence-corrected chi connectivity index (χ0v) is 17.1. The topological polar surface area (TPSA) is 76.6 Å². The third-order valence-electron chi connectivity index (χ3n) is 4.74. The molecule has 0 saturated heterocycles. The lowest BCUT2D eigenvalue weighted by Gasteiger charge is -2.06. The van der Waals surface area contributed by atoms with Crippen LogP contribution in [0.25, 0.3) is 27.9 Å². The molecule has 5 aromatic rings. The zero-order valence-electron chi connectivity index (χ0n) is 15.5. The van der Waals surface area contributed by atoms with Gasteiger partial charge in [0.05, 0.1) is 5.69 Å². The maximum Gasteiger partial charge on any atom is 0.349 e. The summed E-state index contributed by atoms with van der Waals surface area (Å²) in [7, 11) is 0. The Labute approximate surface area is 178 Å². The molecule has 0 aliphatic heterocycles. The Bertz CT molecular complexity index is 1440. The van der Waals surface area contributed by atoms with Gasteiger partial charge in [-0.2, -0.15) is 0 Å². The average molecular weight is 460 g/mol. The number of nitrogens with zero attached hydrogens (tertiary/aromatic N) is 2. The van der Waals surface area contributed by atoms with Crippen LogP contribution in [0.1, 0.15) is 10.4 Å². The fourth-order valence-corrected chi connectivity index (χ4v) is 3.63. The molecule has 0 bridgehead atoms. The van der Waals surface area contributed by atoms with Gasteiger partial charge < -0.3 is 14.1 Å². The molecule has 0 fully saturated rings. The Kier molecular flexibility index (Phi) is 4.44. The lowest BCUT2D eigenvalue weighted by molar-refractivity contribution is 0.102. The lowest BCUT2D eigenvalue weighted by Crippen LogP contribution is -2.20. The molecule has 1 amide bonds. The van der Waals surface area contributed by atoms with Crippen molar-refractivity contribution >= 4 is 44.1 Å². The van der Waals surface area contributed by atoms with Crippen LogP contribution < -0.4 is 10.9 Å². The van der Waals surface area contributed by atoms with E-state index >= 15 is 0 Å². The summed E-state index contributed by atoms with van der Waals surface area (Å²) < 4.78 is 8.04. The number of halogens is 1. The minimum Gasteiger partial charge on any atom is -0.422 e. The Morgan fingerprint density at radius 3 is 2.67 bits per heavy atom. The highest BCUT2D eigenvalue weighted by Gasteiger charge is 2.14. The molecule has 1 N–H and O–H groups in total. The third kappa shape index (κ3) is 3.40. The summed E-state index contributed by atoms with van der Waals surface area (Å²) in [6.07, 6.45) is 3.88. The molecule has 0 spiro atoms. The van der Waals surface area contributed by atoms with Gasteiger partial charge >= 0.3 is 5.63 Å². The summed E-state index contributed by atoms with van der Waals surface area (Å²) in [6, 6.07) is 19.9. The molecule has 2 aromatic carbocycles. The Morgan fingerprint density at radius 2 is 1.87 bits per heavy atom. The first-order valence-corrected chi connectivity index (χ1v) is 9.95. The minimum atomic E-state index is -0.677. The Balaban J connectivity index is 1.40. The van der Waals surface area contributed by atoms with Gasteiger partial charge in [-0.3, -0.25) is 4.79 Å². The van der Waals surface area contributed by atoms with E-state index in [2.05, 4.69) is 26.2 Å². The largest absolute Gasteiger partial charge is 0.422 e. The fourth-order valence-electron chi connectivity index (χ4n) is 3.25. The van der Waals surface area contributed by atoms with E-state index in [1.165, 1.54) is 6.07 Å². The van der Waals surface area contributed by atoms with E-state index in [1.807, 2.05) is 47.1 Å². The second-order valence-electron chi connectivity index (χ2n) is 6.75. The molecule has 146 valence electrons. The predicted molar refractivity (Wildman–Crippen MR) is 119 cm³/mol. The highest BCUT2D eigenvalue weighted by Crippen LogP contribution is 2.22. The number of hydrogen-bond donors (Lipinski definition) is 1. The van der Waals surface area contributed by atoms with Crippen molar-refractivity contribution in [3.05, 3.63) is 99.6 Å². The Hall–Kier alpha value is -3.71. The van der Waals surface area contributed by atoms with E-state index in [0.717, 1.165) is 21.4 Å². The van der Waals surface area contributed by atoms with E-state index in [1.54, 1.807) is 30.3 Å². The van der Waals surface area contributed by atoms with Gasteiger partial charge in [0, 0.05) is 33.5 Å². The first kappa shape index (κ1) is 18.3. The highest BCUT2D eigenvalue weighted by atomic mass is 79.9. The average Bonchev–Trinajstić information content (AvgIpc) is 3.18. The van der Waals surface area contributed by atoms with Crippen LogP contribution in [0.4, 0.5) is 5.69 Å². The quantitative estimate of drug-likeness (QED) is 0.379. The van der Waals surface area contributed by atoms with Gasteiger partial charge in [0.1, 0.15) is 16.8 Å². The molecular weight excluding hydrogens is 446 g/mol. The number of nitrogens with one attached hydrogen (secondary N) is 1. The van der Waals surface area contributed by atoms with Crippen molar-refractivity contribution in [2.45, 2.75) is 0 Å². The highest BCUT2D eigenvalue weighted by molar-refractivity contribution is 9.10. The summed E-state index contributed by atoms with van der Waals surface area (Å²) in [6.45, 7) is 0. The molecule has 6 nitrogen and oxygen atoms in total. The van der Waals surface area contributed by atoms with E-state index < -0.39 is 11.5 Å². The molecule has 0 radical (unpaired) electrons. The lowest BCUT2D eigenvalue weighted by atomic mass is 10.1. The number of amides is 1. The van der Waals surface area contributed by atoms with Crippen LogP contribution in [-0.4, -0.2) is 15.3 Å². The van der Waals surface area contributed by atoms with Gasteiger partial charge in [-0.05, 0) is 48.5 Å². The number of pyridine rings is 1. The number of benzene rings is 2. The molecule has 0 saturated carbocycles. The van der Waals surface area contributed by atoms with E-state index in [0.29, 0.717) is 16.7 Å². The number of anilines is 1. The van der Waals surface area contributed by atoms with Gasteiger partial charge in [0.2, 0.25) is 0 Å². The molecule has 30 heavy (non-hydrogen) atoms. The van der Waals surface area contributed by atoms with Crippen molar-refractivity contribution in [2.24, 2.45) is 0 Å². The minimum absolute atomic E-state index is 0.0509. The van der Waals surface area contributed by atoms with Crippen molar-refractivity contribution in [1.82, 2.24) is 9.38 Å². The molecule has 7 heteroatoms. The first-order valence-electron chi connectivity index (χ1n) is 9.16. The third-order valence-corrected chi connectivity index (χ3v) is 5.23. The van der Waals surface area contributed by atoms with Crippen molar-refractivity contribution < 1.29 is 9.21 Å². The van der Waals surface area contributed by atoms with Crippen molar-refractivity contribution in [3.63, 3.8) is 0 Å². The van der Waals surface area contributed by atoms with Gasteiger partial charge in [-0.15, -0.1) is 0 Å². The monoisotopic (exact) mass is 459 g/mol. The van der Waals surface area contributed by atoms with Crippen molar-refractivity contribution in [3.8, 4) is 11.3 Å². The van der Waals surface area contributed by atoms with Gasteiger partial charge in [-0.25, -0.2) is 9.78 Å². The van der Waals surface area contributed by atoms with Gasteiger partial charge in [-0.1, -0.05) is 34.1 Å². The fraction of sp³-hybridized carbons (Fsp3) is 0. The summed E-state index contributed by atoms with van der Waals surface area (Å²) in [4.78, 5) is 29.4. The number of carbonyl (C=O) groups is 1. The smallest absolute Gasteiger partial charge is 0.349 e. The summed E-state index contributed by atoms with van der Waals surface area (Å²) in [5.41, 5.74) is 2.89. The summed E-state index contributed by atoms with van der Waals surface area (Å²) >= 11 is 3.38. The van der Waals surface area contributed by atoms with Crippen molar-refractivity contribution in [1.29, 1.82) is 0 Å². The first-order chi connectivity index (χ1) is 14.6. The number of imidazole rings is 1. The van der Waals surface area contributed by atoms with Crippen LogP contribution in [0.15, 0.2) is 92.8 Å². The van der Waals surface area contributed by atoms with E-state index in [9.17, 15) is 9.59 Å². The van der Waals surface area contributed by atoms with Crippen LogP contribution >= 0.6 is 15.9 Å². The van der Waals surface area contributed by atoms with Gasteiger partial charge in [0.25, 0.3) is 5.91 Å². The number of carbonyl (C=O) groups excluding carboxylic acids is 1. The molecule has 0 aliphatic carbocycles.